The number of hydrogen-bond donors (Lipinski definition) is 1. The van der Waals surface area contributed by atoms with Crippen LogP contribution in [-0.4, -0.2) is 29.9 Å². The predicted molar refractivity (Wildman–Crippen MR) is 87.2 cm³/mol. The summed E-state index contributed by atoms with van der Waals surface area (Å²) in [6.45, 7) is 0. The summed E-state index contributed by atoms with van der Waals surface area (Å²) in [5.41, 5.74) is 0.967. The number of aromatic nitrogens is 2. The van der Waals surface area contributed by atoms with Gasteiger partial charge < -0.3 is 14.8 Å². The zero-order chi connectivity index (χ0) is 16.2. The van der Waals surface area contributed by atoms with Crippen molar-refractivity contribution in [2.24, 2.45) is 0 Å². The summed E-state index contributed by atoms with van der Waals surface area (Å²) < 4.78 is 12.4. The highest BCUT2D eigenvalue weighted by Gasteiger charge is 2.19. The maximum absolute atomic E-state index is 12.4. The highest BCUT2D eigenvalue weighted by atomic mass is 16.5. The van der Waals surface area contributed by atoms with Crippen LogP contribution in [0.15, 0.2) is 30.5 Å². The van der Waals surface area contributed by atoms with Crippen LogP contribution in [0.1, 0.15) is 42.2 Å². The molecule has 1 aromatic heterocycles. The first-order valence-electron chi connectivity index (χ1n) is 7.80. The van der Waals surface area contributed by atoms with E-state index in [1.807, 2.05) is 10.9 Å². The van der Waals surface area contributed by atoms with Crippen molar-refractivity contribution in [2.75, 3.05) is 19.5 Å². The van der Waals surface area contributed by atoms with E-state index in [1.54, 1.807) is 38.5 Å². The lowest BCUT2D eigenvalue weighted by atomic mass is 10.2. The molecule has 2 aromatic rings. The maximum atomic E-state index is 12.4. The predicted octanol–water partition coefficient (Wildman–Crippen LogP) is 3.27. The second-order valence-corrected chi connectivity index (χ2v) is 5.64. The van der Waals surface area contributed by atoms with Gasteiger partial charge in [0.2, 0.25) is 0 Å². The summed E-state index contributed by atoms with van der Waals surface area (Å²) in [7, 11) is 3.14. The van der Waals surface area contributed by atoms with Crippen LogP contribution >= 0.6 is 0 Å². The van der Waals surface area contributed by atoms with Crippen molar-refractivity contribution in [3.8, 4) is 11.5 Å². The van der Waals surface area contributed by atoms with Gasteiger partial charge in [0, 0.05) is 12.3 Å². The number of benzene rings is 1. The lowest BCUT2D eigenvalue weighted by molar-refractivity contribution is 0.102. The van der Waals surface area contributed by atoms with Crippen molar-refractivity contribution in [3.63, 3.8) is 0 Å². The molecule has 1 heterocycles. The van der Waals surface area contributed by atoms with Crippen molar-refractivity contribution in [2.45, 2.75) is 31.7 Å². The molecule has 0 bridgehead atoms. The average Bonchev–Trinajstić information content (AvgIpc) is 3.25. The van der Waals surface area contributed by atoms with Gasteiger partial charge in [0.15, 0.2) is 5.69 Å². The highest BCUT2D eigenvalue weighted by Crippen LogP contribution is 2.30. The molecule has 23 heavy (non-hydrogen) atoms. The molecule has 1 fully saturated rings. The molecular formula is C17H21N3O3. The molecule has 0 saturated heterocycles. The molecule has 0 aliphatic heterocycles. The summed E-state index contributed by atoms with van der Waals surface area (Å²) in [5.74, 6) is 0.972. The first kappa shape index (κ1) is 15.4. The number of ether oxygens (including phenoxy) is 2. The summed E-state index contributed by atoms with van der Waals surface area (Å²) in [5, 5.41) is 7.26. The van der Waals surface area contributed by atoms with E-state index in [0.717, 1.165) is 12.8 Å². The fourth-order valence-corrected chi connectivity index (χ4v) is 2.93. The summed E-state index contributed by atoms with van der Waals surface area (Å²) in [6, 6.07) is 7.43. The molecular weight excluding hydrogens is 294 g/mol. The second kappa shape index (κ2) is 6.73. The molecule has 0 spiro atoms. The summed E-state index contributed by atoms with van der Waals surface area (Å²) in [4.78, 5) is 12.4. The van der Waals surface area contributed by atoms with Crippen LogP contribution in [-0.2, 0) is 0 Å². The molecule has 1 aliphatic rings. The fourth-order valence-electron chi connectivity index (χ4n) is 2.93. The number of nitrogens with one attached hydrogen (secondary N) is 1. The Labute approximate surface area is 135 Å². The van der Waals surface area contributed by atoms with Gasteiger partial charge in [-0.15, -0.1) is 0 Å². The third-order valence-corrected chi connectivity index (χ3v) is 4.19. The minimum atomic E-state index is -0.256. The van der Waals surface area contributed by atoms with Gasteiger partial charge in [-0.25, -0.2) is 0 Å². The fraction of sp³-hybridized carbons (Fsp3) is 0.412. The van der Waals surface area contributed by atoms with E-state index in [9.17, 15) is 4.79 Å². The van der Waals surface area contributed by atoms with Gasteiger partial charge in [-0.2, -0.15) is 5.10 Å². The minimum absolute atomic E-state index is 0.256. The van der Waals surface area contributed by atoms with E-state index in [0.29, 0.717) is 28.9 Å². The molecule has 1 amide bonds. The molecule has 0 radical (unpaired) electrons. The number of nitrogens with zero attached hydrogens (tertiary/aromatic N) is 2. The SMILES string of the molecule is COc1ccc(OC)c(NC(=O)c2ccn(C3CCCC3)n2)c1. The van der Waals surface area contributed by atoms with Gasteiger partial charge in [0.05, 0.1) is 25.9 Å². The Bertz CT molecular complexity index is 690. The van der Waals surface area contributed by atoms with E-state index in [-0.39, 0.29) is 5.91 Å². The van der Waals surface area contributed by atoms with Crippen LogP contribution in [0.3, 0.4) is 0 Å². The zero-order valence-corrected chi connectivity index (χ0v) is 13.4. The Morgan fingerprint density at radius 3 is 2.70 bits per heavy atom. The number of carbonyl (C=O) groups excluding carboxylic acids is 1. The molecule has 1 saturated carbocycles. The lowest BCUT2D eigenvalue weighted by Gasteiger charge is -2.11. The molecule has 1 aromatic carbocycles. The van der Waals surface area contributed by atoms with Crippen LogP contribution in [0.4, 0.5) is 5.69 Å². The van der Waals surface area contributed by atoms with Crippen LogP contribution in [0.25, 0.3) is 0 Å². The monoisotopic (exact) mass is 315 g/mol. The van der Waals surface area contributed by atoms with Crippen molar-refractivity contribution in [3.05, 3.63) is 36.2 Å². The average molecular weight is 315 g/mol. The smallest absolute Gasteiger partial charge is 0.276 e. The number of methoxy groups -OCH3 is 2. The normalized spacial score (nSPS) is 14.7. The second-order valence-electron chi connectivity index (χ2n) is 5.64. The maximum Gasteiger partial charge on any atom is 0.276 e. The third-order valence-electron chi connectivity index (χ3n) is 4.19. The van der Waals surface area contributed by atoms with Crippen LogP contribution in [0.5, 0.6) is 11.5 Å². The standard InChI is InChI=1S/C17H21N3O3/c1-22-13-7-8-16(23-2)15(11-13)18-17(21)14-9-10-20(19-14)12-5-3-4-6-12/h7-12H,3-6H2,1-2H3,(H,18,21). The number of anilines is 1. The van der Waals surface area contributed by atoms with E-state index >= 15 is 0 Å². The van der Waals surface area contributed by atoms with Gasteiger partial charge in [-0.3, -0.25) is 9.48 Å². The molecule has 1 aliphatic carbocycles. The van der Waals surface area contributed by atoms with Gasteiger partial charge in [-0.1, -0.05) is 12.8 Å². The van der Waals surface area contributed by atoms with E-state index in [2.05, 4.69) is 10.4 Å². The Morgan fingerprint density at radius 1 is 1.22 bits per heavy atom. The lowest BCUT2D eigenvalue weighted by Crippen LogP contribution is -2.15. The number of rotatable bonds is 5. The Kier molecular flexibility index (Phi) is 4.50. The van der Waals surface area contributed by atoms with Crippen LogP contribution in [0, 0.1) is 0 Å². The van der Waals surface area contributed by atoms with Crippen LogP contribution in [0.2, 0.25) is 0 Å². The molecule has 0 atom stereocenters. The zero-order valence-electron chi connectivity index (χ0n) is 13.4. The van der Waals surface area contributed by atoms with E-state index in [4.69, 9.17) is 9.47 Å². The Hall–Kier alpha value is -2.50. The molecule has 1 N–H and O–H groups in total. The minimum Gasteiger partial charge on any atom is -0.497 e. The first-order chi connectivity index (χ1) is 11.2. The van der Waals surface area contributed by atoms with Gasteiger partial charge in [-0.05, 0) is 31.0 Å². The quantitative estimate of drug-likeness (QED) is 0.919. The van der Waals surface area contributed by atoms with Gasteiger partial charge in [0.25, 0.3) is 5.91 Å². The molecule has 0 unspecified atom stereocenters. The van der Waals surface area contributed by atoms with E-state index in [1.165, 1.54) is 12.8 Å². The van der Waals surface area contributed by atoms with Gasteiger partial charge >= 0.3 is 0 Å². The van der Waals surface area contributed by atoms with Gasteiger partial charge in [0.1, 0.15) is 11.5 Å². The first-order valence-corrected chi connectivity index (χ1v) is 7.80. The molecule has 6 heteroatoms. The van der Waals surface area contributed by atoms with Crippen molar-refractivity contribution < 1.29 is 14.3 Å². The third kappa shape index (κ3) is 3.31. The topological polar surface area (TPSA) is 65.4 Å². The summed E-state index contributed by atoms with van der Waals surface area (Å²) in [6.07, 6.45) is 6.60. The van der Waals surface area contributed by atoms with Crippen molar-refractivity contribution in [1.82, 2.24) is 9.78 Å². The number of amides is 1. The van der Waals surface area contributed by atoms with Crippen molar-refractivity contribution in [1.29, 1.82) is 0 Å². The Morgan fingerprint density at radius 2 is 2.00 bits per heavy atom. The summed E-state index contributed by atoms with van der Waals surface area (Å²) >= 11 is 0. The number of carbonyl (C=O) groups is 1. The molecule has 3 rings (SSSR count). The van der Waals surface area contributed by atoms with Crippen molar-refractivity contribution >= 4 is 11.6 Å². The van der Waals surface area contributed by atoms with Crippen LogP contribution < -0.4 is 14.8 Å². The molecule has 122 valence electrons. The number of hydrogen-bond acceptors (Lipinski definition) is 4. The van der Waals surface area contributed by atoms with E-state index < -0.39 is 0 Å². The highest BCUT2D eigenvalue weighted by molar-refractivity contribution is 6.03. The Balaban J connectivity index is 1.76. The molecule has 6 nitrogen and oxygen atoms in total. The largest absolute Gasteiger partial charge is 0.497 e.